The lowest BCUT2D eigenvalue weighted by Crippen LogP contribution is -2.18. The van der Waals surface area contributed by atoms with Crippen LogP contribution in [0, 0.1) is 0 Å². The quantitative estimate of drug-likeness (QED) is 0.748. The number of hydrogen-bond donors (Lipinski definition) is 2. The molecular weight excluding hydrogens is 286 g/mol. The van der Waals surface area contributed by atoms with Crippen molar-refractivity contribution in [2.75, 3.05) is 17.1 Å². The molecule has 1 saturated heterocycles. The zero-order valence-corrected chi connectivity index (χ0v) is 11.7. The number of hydrogen-bond acceptors (Lipinski definition) is 5. The van der Waals surface area contributed by atoms with E-state index >= 15 is 0 Å². The summed E-state index contributed by atoms with van der Waals surface area (Å²) >= 11 is 0. The Kier molecular flexibility index (Phi) is 4.61. The number of nitrogens with one attached hydrogen (secondary N) is 1. The molecule has 1 unspecified atom stereocenters. The fourth-order valence-electron chi connectivity index (χ4n) is 1.97. The summed E-state index contributed by atoms with van der Waals surface area (Å²) in [6.45, 7) is 1.33. The summed E-state index contributed by atoms with van der Waals surface area (Å²) in [5.74, 6) is -1.61. The van der Waals surface area contributed by atoms with Crippen LogP contribution in [0.25, 0.3) is 0 Å². The third kappa shape index (κ3) is 4.49. The van der Waals surface area contributed by atoms with Gasteiger partial charge in [0.2, 0.25) is 10.0 Å². The highest BCUT2D eigenvalue weighted by molar-refractivity contribution is 7.92. The summed E-state index contributed by atoms with van der Waals surface area (Å²) in [5.41, 5.74) is 0.327. The molecule has 0 amide bonds. The van der Waals surface area contributed by atoms with Gasteiger partial charge in [-0.15, -0.1) is 0 Å². The van der Waals surface area contributed by atoms with E-state index in [4.69, 9.17) is 9.84 Å². The number of carboxylic acid groups (broad SMARTS) is 1. The average molecular weight is 303 g/mol. The van der Waals surface area contributed by atoms with Gasteiger partial charge in [-0.1, -0.05) is 0 Å². The van der Waals surface area contributed by atoms with Gasteiger partial charge in [0.25, 0.3) is 0 Å². The fraction of sp³-hybridized carbons (Fsp3) is 0.636. The SMILES string of the molecule is O=C(O)CCS(=O)(=O)Nc1cnn(CC2CCCO2)c1. The highest BCUT2D eigenvalue weighted by Crippen LogP contribution is 2.15. The molecule has 0 spiro atoms. The molecule has 1 aliphatic rings. The van der Waals surface area contributed by atoms with Crippen molar-refractivity contribution in [2.24, 2.45) is 0 Å². The van der Waals surface area contributed by atoms with Crippen LogP contribution in [0.5, 0.6) is 0 Å². The molecule has 1 aromatic heterocycles. The number of rotatable bonds is 7. The first-order valence-corrected chi connectivity index (χ1v) is 7.96. The van der Waals surface area contributed by atoms with Crippen LogP contribution in [0.1, 0.15) is 19.3 Å². The third-order valence-electron chi connectivity index (χ3n) is 2.91. The maximum atomic E-state index is 11.6. The van der Waals surface area contributed by atoms with E-state index in [1.54, 1.807) is 10.9 Å². The Labute approximate surface area is 116 Å². The van der Waals surface area contributed by atoms with E-state index in [1.807, 2.05) is 0 Å². The van der Waals surface area contributed by atoms with Crippen molar-refractivity contribution in [3.8, 4) is 0 Å². The molecule has 2 rings (SSSR count). The van der Waals surface area contributed by atoms with Crippen molar-refractivity contribution >= 4 is 21.7 Å². The second-order valence-corrected chi connectivity index (χ2v) is 6.49. The number of carbonyl (C=O) groups is 1. The maximum Gasteiger partial charge on any atom is 0.304 e. The van der Waals surface area contributed by atoms with Crippen molar-refractivity contribution < 1.29 is 23.1 Å². The lowest BCUT2D eigenvalue weighted by atomic mass is 10.2. The largest absolute Gasteiger partial charge is 0.481 e. The summed E-state index contributed by atoms with van der Waals surface area (Å²) in [4.78, 5) is 10.4. The Morgan fingerprint density at radius 2 is 2.40 bits per heavy atom. The number of carboxylic acids is 1. The van der Waals surface area contributed by atoms with Crippen molar-refractivity contribution in [1.82, 2.24) is 9.78 Å². The minimum absolute atomic E-state index is 0.117. The first-order valence-electron chi connectivity index (χ1n) is 6.31. The lowest BCUT2D eigenvalue weighted by Gasteiger charge is -2.08. The third-order valence-corrected chi connectivity index (χ3v) is 4.19. The molecule has 1 atom stereocenters. The van der Waals surface area contributed by atoms with Crippen LogP contribution >= 0.6 is 0 Å². The normalized spacial score (nSPS) is 19.1. The van der Waals surface area contributed by atoms with Gasteiger partial charge in [0.1, 0.15) is 0 Å². The fourth-order valence-corrected chi connectivity index (χ4v) is 2.98. The predicted octanol–water partition coefficient (Wildman–Crippen LogP) is 0.278. The van der Waals surface area contributed by atoms with Crippen LogP contribution in [0.3, 0.4) is 0 Å². The van der Waals surface area contributed by atoms with Crippen molar-refractivity contribution in [2.45, 2.75) is 31.9 Å². The first-order chi connectivity index (χ1) is 9.44. The highest BCUT2D eigenvalue weighted by Gasteiger charge is 2.17. The second-order valence-electron chi connectivity index (χ2n) is 4.65. The standard InChI is InChI=1S/C11H17N3O5S/c15-11(16)3-5-20(17,18)13-9-6-12-14(7-9)8-10-2-1-4-19-10/h6-7,10,13H,1-5,8H2,(H,15,16). The number of nitrogens with zero attached hydrogens (tertiary/aromatic N) is 2. The molecule has 112 valence electrons. The second kappa shape index (κ2) is 6.23. The summed E-state index contributed by atoms with van der Waals surface area (Å²) in [6, 6.07) is 0. The Bertz CT molecular complexity index is 562. The van der Waals surface area contributed by atoms with Gasteiger partial charge in [-0.2, -0.15) is 5.10 Å². The van der Waals surface area contributed by atoms with E-state index in [0.717, 1.165) is 19.4 Å². The molecule has 1 aromatic rings. The molecule has 0 bridgehead atoms. The van der Waals surface area contributed by atoms with E-state index in [1.165, 1.54) is 6.20 Å². The molecule has 2 N–H and O–H groups in total. The predicted molar refractivity (Wildman–Crippen MR) is 70.9 cm³/mol. The van der Waals surface area contributed by atoms with E-state index in [0.29, 0.717) is 12.2 Å². The molecule has 2 heterocycles. The van der Waals surface area contributed by atoms with Crippen LogP contribution < -0.4 is 4.72 Å². The van der Waals surface area contributed by atoms with Gasteiger partial charge >= 0.3 is 5.97 Å². The minimum Gasteiger partial charge on any atom is -0.481 e. The molecule has 1 aliphatic heterocycles. The molecular formula is C11H17N3O5S. The van der Waals surface area contributed by atoms with E-state index in [2.05, 4.69) is 9.82 Å². The smallest absolute Gasteiger partial charge is 0.304 e. The van der Waals surface area contributed by atoms with Gasteiger partial charge < -0.3 is 9.84 Å². The first kappa shape index (κ1) is 14.8. The van der Waals surface area contributed by atoms with Crippen LogP contribution in [0.2, 0.25) is 0 Å². The molecule has 1 fully saturated rings. The number of sulfonamides is 1. The Morgan fingerprint density at radius 1 is 1.60 bits per heavy atom. The molecule has 0 aliphatic carbocycles. The summed E-state index contributed by atoms with van der Waals surface area (Å²) in [5, 5.41) is 12.5. The molecule has 9 heteroatoms. The van der Waals surface area contributed by atoms with Gasteiger partial charge in [-0.25, -0.2) is 8.42 Å². The van der Waals surface area contributed by atoms with Crippen molar-refractivity contribution in [3.63, 3.8) is 0 Å². The molecule has 0 radical (unpaired) electrons. The Hall–Kier alpha value is -1.61. The minimum atomic E-state index is -3.66. The molecule has 0 aromatic carbocycles. The van der Waals surface area contributed by atoms with Gasteiger partial charge in [0.05, 0.1) is 36.7 Å². The van der Waals surface area contributed by atoms with Crippen LogP contribution in [0.15, 0.2) is 12.4 Å². The number of aromatic nitrogens is 2. The number of ether oxygens (including phenoxy) is 1. The van der Waals surface area contributed by atoms with Crippen LogP contribution in [-0.2, 0) is 26.1 Å². The van der Waals surface area contributed by atoms with Gasteiger partial charge in [0, 0.05) is 12.8 Å². The Balaban J connectivity index is 1.89. The van der Waals surface area contributed by atoms with E-state index in [9.17, 15) is 13.2 Å². The zero-order chi connectivity index (χ0) is 14.6. The topological polar surface area (TPSA) is 111 Å². The molecule has 8 nitrogen and oxygen atoms in total. The van der Waals surface area contributed by atoms with Crippen LogP contribution in [0.4, 0.5) is 5.69 Å². The molecule has 20 heavy (non-hydrogen) atoms. The van der Waals surface area contributed by atoms with Gasteiger partial charge in [-0.05, 0) is 12.8 Å². The average Bonchev–Trinajstić information content (AvgIpc) is 2.99. The highest BCUT2D eigenvalue weighted by atomic mass is 32.2. The summed E-state index contributed by atoms with van der Waals surface area (Å²) in [7, 11) is -3.66. The zero-order valence-electron chi connectivity index (χ0n) is 10.9. The molecule has 0 saturated carbocycles. The van der Waals surface area contributed by atoms with Crippen molar-refractivity contribution in [1.29, 1.82) is 0 Å². The van der Waals surface area contributed by atoms with E-state index in [-0.39, 0.29) is 6.10 Å². The summed E-state index contributed by atoms with van der Waals surface area (Å²) in [6.07, 6.45) is 4.65. The summed E-state index contributed by atoms with van der Waals surface area (Å²) < 4.78 is 32.6. The van der Waals surface area contributed by atoms with Crippen LogP contribution in [-0.4, -0.2) is 47.7 Å². The Morgan fingerprint density at radius 3 is 3.05 bits per heavy atom. The van der Waals surface area contributed by atoms with Crippen molar-refractivity contribution in [3.05, 3.63) is 12.4 Å². The number of aliphatic carboxylic acids is 1. The van der Waals surface area contributed by atoms with Gasteiger partial charge in [0.15, 0.2) is 0 Å². The monoisotopic (exact) mass is 303 g/mol. The lowest BCUT2D eigenvalue weighted by molar-refractivity contribution is -0.136. The van der Waals surface area contributed by atoms with E-state index < -0.39 is 28.2 Å². The maximum absolute atomic E-state index is 11.6. The van der Waals surface area contributed by atoms with Gasteiger partial charge in [-0.3, -0.25) is 14.2 Å². The number of anilines is 1.